The number of nitrogens with two attached hydrogens (primary N) is 1. The molecule has 0 aromatic carbocycles. The molecule has 1 saturated heterocycles. The van der Waals surface area contributed by atoms with Crippen molar-refractivity contribution in [1.29, 1.82) is 0 Å². The van der Waals surface area contributed by atoms with Crippen LogP contribution in [0.3, 0.4) is 0 Å². The first kappa shape index (κ1) is 6.51. The van der Waals surface area contributed by atoms with Gasteiger partial charge in [-0.1, -0.05) is 0 Å². The molecule has 1 amide bonds. The minimum atomic E-state index is -0.197. The predicted molar refractivity (Wildman–Crippen MR) is 31.1 cm³/mol. The zero-order valence-corrected chi connectivity index (χ0v) is 5.33. The Kier molecular flexibility index (Phi) is 1.68. The highest BCUT2D eigenvalue weighted by Crippen LogP contribution is 2.13. The third-order valence-electron chi connectivity index (χ3n) is 1.48. The molecule has 1 rings (SSSR count). The normalized spacial score (nSPS) is 27.6. The van der Waals surface area contributed by atoms with Crippen LogP contribution in [0.1, 0.15) is 12.8 Å². The van der Waals surface area contributed by atoms with Crippen LogP contribution in [-0.2, 0) is 9.53 Å². The van der Waals surface area contributed by atoms with E-state index in [1.54, 1.807) is 7.11 Å². The maximum atomic E-state index is 10.7. The van der Waals surface area contributed by atoms with Crippen molar-refractivity contribution in [2.45, 2.75) is 19.1 Å². The van der Waals surface area contributed by atoms with Gasteiger partial charge in [0.15, 0.2) is 0 Å². The molecule has 0 aromatic rings. The van der Waals surface area contributed by atoms with Crippen LogP contribution in [-0.4, -0.2) is 24.3 Å². The standard InChI is InChI=1S/C5H10N2O2/c1-9-5-3-2-4(8)7(5)6/h5H,2-3,6H2,1H3. The van der Waals surface area contributed by atoms with Crippen molar-refractivity contribution < 1.29 is 9.53 Å². The van der Waals surface area contributed by atoms with Gasteiger partial charge in [0.25, 0.3) is 0 Å². The van der Waals surface area contributed by atoms with Crippen LogP contribution in [0.4, 0.5) is 0 Å². The molecule has 4 heteroatoms. The molecule has 0 aliphatic carbocycles. The third kappa shape index (κ3) is 1.04. The first-order chi connectivity index (χ1) is 4.25. The van der Waals surface area contributed by atoms with Crippen LogP contribution in [0.2, 0.25) is 0 Å². The van der Waals surface area contributed by atoms with E-state index >= 15 is 0 Å². The second-order valence-corrected chi connectivity index (χ2v) is 2.03. The van der Waals surface area contributed by atoms with Gasteiger partial charge in [0.05, 0.1) is 0 Å². The summed E-state index contributed by atoms with van der Waals surface area (Å²) in [5, 5.41) is 1.14. The Morgan fingerprint density at radius 1 is 1.89 bits per heavy atom. The van der Waals surface area contributed by atoms with Crippen molar-refractivity contribution in [3.05, 3.63) is 0 Å². The second-order valence-electron chi connectivity index (χ2n) is 2.03. The highest BCUT2D eigenvalue weighted by molar-refractivity contribution is 5.77. The third-order valence-corrected chi connectivity index (χ3v) is 1.48. The van der Waals surface area contributed by atoms with Crippen LogP contribution < -0.4 is 5.84 Å². The largest absolute Gasteiger partial charge is 0.360 e. The summed E-state index contributed by atoms with van der Waals surface area (Å²) in [7, 11) is 1.54. The minimum absolute atomic E-state index is 0.0400. The summed E-state index contributed by atoms with van der Waals surface area (Å²) in [5.74, 6) is 5.25. The summed E-state index contributed by atoms with van der Waals surface area (Å²) < 4.78 is 4.87. The topological polar surface area (TPSA) is 55.6 Å². The Morgan fingerprint density at radius 2 is 2.56 bits per heavy atom. The van der Waals surface area contributed by atoms with E-state index in [1.165, 1.54) is 0 Å². The molecule has 0 spiro atoms. The van der Waals surface area contributed by atoms with E-state index in [4.69, 9.17) is 10.6 Å². The monoisotopic (exact) mass is 130 g/mol. The van der Waals surface area contributed by atoms with Gasteiger partial charge in [-0.3, -0.25) is 9.80 Å². The van der Waals surface area contributed by atoms with E-state index in [0.717, 1.165) is 5.01 Å². The number of carbonyl (C=O) groups excluding carboxylic acids is 1. The average Bonchev–Trinajstić information content (AvgIpc) is 2.15. The molecule has 1 atom stereocenters. The van der Waals surface area contributed by atoms with Crippen molar-refractivity contribution >= 4 is 5.91 Å². The Labute approximate surface area is 53.5 Å². The van der Waals surface area contributed by atoms with E-state index in [9.17, 15) is 4.79 Å². The highest BCUT2D eigenvalue weighted by atomic mass is 16.5. The molecular weight excluding hydrogens is 120 g/mol. The molecule has 1 unspecified atom stereocenters. The molecule has 0 saturated carbocycles. The van der Waals surface area contributed by atoms with Crippen molar-refractivity contribution in [1.82, 2.24) is 5.01 Å². The maximum Gasteiger partial charge on any atom is 0.238 e. The molecule has 1 aliphatic heterocycles. The molecule has 0 radical (unpaired) electrons. The van der Waals surface area contributed by atoms with Crippen molar-refractivity contribution in [3.8, 4) is 0 Å². The number of hydrogen-bond acceptors (Lipinski definition) is 3. The lowest BCUT2D eigenvalue weighted by atomic mass is 10.4. The van der Waals surface area contributed by atoms with Gasteiger partial charge in [-0.25, -0.2) is 5.84 Å². The number of carbonyl (C=O) groups is 1. The van der Waals surface area contributed by atoms with Gasteiger partial charge in [0.1, 0.15) is 6.23 Å². The van der Waals surface area contributed by atoms with Crippen LogP contribution >= 0.6 is 0 Å². The van der Waals surface area contributed by atoms with Crippen LogP contribution in [0.5, 0.6) is 0 Å². The Morgan fingerprint density at radius 3 is 2.78 bits per heavy atom. The summed E-state index contributed by atoms with van der Waals surface area (Å²) in [5.41, 5.74) is 0. The zero-order chi connectivity index (χ0) is 6.85. The van der Waals surface area contributed by atoms with E-state index in [-0.39, 0.29) is 12.1 Å². The minimum Gasteiger partial charge on any atom is -0.360 e. The second kappa shape index (κ2) is 2.33. The zero-order valence-electron chi connectivity index (χ0n) is 5.33. The maximum absolute atomic E-state index is 10.7. The van der Waals surface area contributed by atoms with Gasteiger partial charge >= 0.3 is 0 Å². The number of methoxy groups -OCH3 is 1. The first-order valence-electron chi connectivity index (χ1n) is 2.85. The molecule has 52 valence electrons. The van der Waals surface area contributed by atoms with Gasteiger partial charge in [-0.05, 0) is 0 Å². The van der Waals surface area contributed by atoms with Gasteiger partial charge in [0, 0.05) is 20.0 Å². The lowest BCUT2D eigenvalue weighted by Gasteiger charge is -2.16. The number of rotatable bonds is 1. The smallest absolute Gasteiger partial charge is 0.238 e. The van der Waals surface area contributed by atoms with Crippen molar-refractivity contribution in [3.63, 3.8) is 0 Å². The van der Waals surface area contributed by atoms with Gasteiger partial charge in [0.2, 0.25) is 5.91 Å². The van der Waals surface area contributed by atoms with Crippen molar-refractivity contribution in [2.75, 3.05) is 7.11 Å². The number of hydrazine groups is 1. The Balaban J connectivity index is 2.51. The van der Waals surface area contributed by atoms with Crippen LogP contribution in [0.15, 0.2) is 0 Å². The van der Waals surface area contributed by atoms with E-state index in [0.29, 0.717) is 12.8 Å². The Hall–Kier alpha value is -0.610. The fourth-order valence-electron chi connectivity index (χ4n) is 0.907. The lowest BCUT2D eigenvalue weighted by molar-refractivity contribution is -0.135. The predicted octanol–water partition coefficient (Wildman–Crippen LogP) is -0.545. The quantitative estimate of drug-likeness (QED) is 0.383. The van der Waals surface area contributed by atoms with E-state index in [2.05, 4.69) is 0 Å². The molecular formula is C5H10N2O2. The molecule has 9 heavy (non-hydrogen) atoms. The summed E-state index contributed by atoms with van der Waals surface area (Å²) in [4.78, 5) is 10.7. The number of hydrogen-bond donors (Lipinski definition) is 1. The average molecular weight is 130 g/mol. The molecule has 4 nitrogen and oxygen atoms in total. The first-order valence-corrected chi connectivity index (χ1v) is 2.85. The summed E-state index contributed by atoms with van der Waals surface area (Å²) in [6.07, 6.45) is 1.03. The number of nitrogens with zero attached hydrogens (tertiary/aromatic N) is 1. The highest BCUT2D eigenvalue weighted by Gasteiger charge is 2.27. The molecule has 1 fully saturated rings. The fraction of sp³-hybridized carbons (Fsp3) is 0.800. The van der Waals surface area contributed by atoms with Gasteiger partial charge in [-0.15, -0.1) is 0 Å². The van der Waals surface area contributed by atoms with Crippen molar-refractivity contribution in [2.24, 2.45) is 5.84 Å². The van der Waals surface area contributed by atoms with Gasteiger partial charge in [-0.2, -0.15) is 0 Å². The van der Waals surface area contributed by atoms with E-state index < -0.39 is 0 Å². The van der Waals surface area contributed by atoms with Crippen LogP contribution in [0, 0.1) is 0 Å². The molecule has 1 heterocycles. The SMILES string of the molecule is COC1CCC(=O)N1N. The van der Waals surface area contributed by atoms with E-state index in [1.807, 2.05) is 0 Å². The molecule has 1 aliphatic rings. The molecule has 0 bridgehead atoms. The number of ether oxygens (including phenoxy) is 1. The Bertz CT molecular complexity index is 126. The summed E-state index contributed by atoms with van der Waals surface area (Å²) >= 11 is 0. The molecule has 0 aromatic heterocycles. The number of amides is 1. The fourth-order valence-corrected chi connectivity index (χ4v) is 0.907. The van der Waals surface area contributed by atoms with Gasteiger partial charge < -0.3 is 4.74 Å². The lowest BCUT2D eigenvalue weighted by Crippen LogP contribution is -2.39. The summed E-state index contributed by atoms with van der Waals surface area (Å²) in [6, 6.07) is 0. The van der Waals surface area contributed by atoms with Crippen LogP contribution in [0.25, 0.3) is 0 Å². The molecule has 2 N–H and O–H groups in total. The summed E-state index contributed by atoms with van der Waals surface area (Å²) in [6.45, 7) is 0.